The first-order chi connectivity index (χ1) is 8.61. The summed E-state index contributed by atoms with van der Waals surface area (Å²) >= 11 is 0. The van der Waals surface area contributed by atoms with Gasteiger partial charge in [0.25, 0.3) is 0 Å². The lowest BCUT2D eigenvalue weighted by atomic mass is 9.85. The van der Waals surface area contributed by atoms with Crippen molar-refractivity contribution in [1.82, 2.24) is 5.32 Å². The summed E-state index contributed by atoms with van der Waals surface area (Å²) in [5, 5.41) is 11.4. The standard InChI is InChI=1S/C13H21F2NO3/c1-12(2,6-5-10(17)18)16-11(19)9-3-7-13(14,15)8-4-9/h9H,3-8H2,1-2H3,(H,16,19)(H,17,18). The number of rotatable bonds is 5. The fraction of sp³-hybridized carbons (Fsp3) is 0.846. The zero-order valence-corrected chi connectivity index (χ0v) is 11.3. The Morgan fingerprint density at radius 3 is 2.32 bits per heavy atom. The summed E-state index contributed by atoms with van der Waals surface area (Å²) in [6.07, 6.45) is 0.163. The minimum atomic E-state index is -2.64. The van der Waals surface area contributed by atoms with E-state index >= 15 is 0 Å². The summed E-state index contributed by atoms with van der Waals surface area (Å²) in [6, 6.07) is 0. The number of carbonyl (C=O) groups is 2. The molecule has 4 nitrogen and oxygen atoms in total. The zero-order chi connectivity index (χ0) is 14.7. The molecule has 0 aromatic carbocycles. The third-order valence-electron chi connectivity index (χ3n) is 3.51. The number of alkyl halides is 2. The molecule has 1 aliphatic carbocycles. The number of nitrogens with one attached hydrogen (secondary N) is 1. The molecule has 0 atom stereocenters. The molecule has 0 spiro atoms. The van der Waals surface area contributed by atoms with Crippen molar-refractivity contribution in [2.45, 2.75) is 63.8 Å². The topological polar surface area (TPSA) is 66.4 Å². The maximum absolute atomic E-state index is 13.0. The first-order valence-corrected chi connectivity index (χ1v) is 6.53. The maximum Gasteiger partial charge on any atom is 0.303 e. The van der Waals surface area contributed by atoms with Gasteiger partial charge in [0.05, 0.1) is 0 Å². The van der Waals surface area contributed by atoms with Gasteiger partial charge in [-0.2, -0.15) is 0 Å². The van der Waals surface area contributed by atoms with Crippen LogP contribution in [-0.4, -0.2) is 28.4 Å². The van der Waals surface area contributed by atoms with Crippen LogP contribution in [0.25, 0.3) is 0 Å². The van der Waals surface area contributed by atoms with Crippen molar-refractivity contribution >= 4 is 11.9 Å². The zero-order valence-electron chi connectivity index (χ0n) is 11.3. The van der Waals surface area contributed by atoms with E-state index < -0.39 is 17.4 Å². The summed E-state index contributed by atoms with van der Waals surface area (Å²) in [5.74, 6) is -4.19. The van der Waals surface area contributed by atoms with Gasteiger partial charge in [-0.15, -0.1) is 0 Å². The van der Waals surface area contributed by atoms with E-state index in [1.165, 1.54) is 0 Å². The average molecular weight is 277 g/mol. The van der Waals surface area contributed by atoms with Gasteiger partial charge in [-0.25, -0.2) is 8.78 Å². The number of aliphatic carboxylic acids is 1. The Bertz CT molecular complexity index is 346. The second kappa shape index (κ2) is 5.84. The number of halogens is 2. The Morgan fingerprint density at radius 1 is 1.32 bits per heavy atom. The Labute approximate surface area is 111 Å². The molecule has 6 heteroatoms. The number of amides is 1. The smallest absolute Gasteiger partial charge is 0.303 e. The summed E-state index contributed by atoms with van der Waals surface area (Å²) in [5.41, 5.74) is -0.630. The predicted molar refractivity (Wildman–Crippen MR) is 66.0 cm³/mol. The first-order valence-electron chi connectivity index (χ1n) is 6.53. The van der Waals surface area contributed by atoms with E-state index in [1.54, 1.807) is 13.8 Å². The average Bonchev–Trinajstić information content (AvgIpc) is 2.25. The number of carbonyl (C=O) groups excluding carboxylic acids is 1. The molecule has 0 bridgehead atoms. The molecule has 110 valence electrons. The lowest BCUT2D eigenvalue weighted by molar-refractivity contribution is -0.138. The van der Waals surface area contributed by atoms with Gasteiger partial charge in [-0.3, -0.25) is 9.59 Å². The lowest BCUT2D eigenvalue weighted by Crippen LogP contribution is -2.47. The van der Waals surface area contributed by atoms with E-state index in [-0.39, 0.29) is 43.9 Å². The highest BCUT2D eigenvalue weighted by Gasteiger charge is 2.38. The van der Waals surface area contributed by atoms with E-state index in [0.29, 0.717) is 6.42 Å². The minimum Gasteiger partial charge on any atom is -0.481 e. The van der Waals surface area contributed by atoms with Gasteiger partial charge in [0, 0.05) is 30.7 Å². The molecule has 0 radical (unpaired) electrons. The van der Waals surface area contributed by atoms with Crippen LogP contribution < -0.4 is 5.32 Å². The maximum atomic E-state index is 13.0. The normalized spacial score (nSPS) is 20.0. The highest BCUT2D eigenvalue weighted by Crippen LogP contribution is 2.36. The highest BCUT2D eigenvalue weighted by molar-refractivity contribution is 5.79. The lowest BCUT2D eigenvalue weighted by Gasteiger charge is -2.32. The second-order valence-electron chi connectivity index (χ2n) is 5.90. The van der Waals surface area contributed by atoms with Crippen molar-refractivity contribution in [3.63, 3.8) is 0 Å². The van der Waals surface area contributed by atoms with E-state index in [2.05, 4.69) is 5.32 Å². The predicted octanol–water partition coefficient (Wildman–Crippen LogP) is 2.57. The van der Waals surface area contributed by atoms with Crippen molar-refractivity contribution in [2.75, 3.05) is 0 Å². The molecule has 0 heterocycles. The number of hydrogen-bond acceptors (Lipinski definition) is 2. The molecule has 1 aliphatic rings. The van der Waals surface area contributed by atoms with Crippen LogP contribution in [0.3, 0.4) is 0 Å². The Hall–Kier alpha value is -1.20. The molecular formula is C13H21F2NO3. The van der Waals surface area contributed by atoms with Crippen LogP contribution in [-0.2, 0) is 9.59 Å². The van der Waals surface area contributed by atoms with Crippen LogP contribution >= 0.6 is 0 Å². The summed E-state index contributed by atoms with van der Waals surface area (Å²) < 4.78 is 26.0. The fourth-order valence-corrected chi connectivity index (χ4v) is 2.22. The largest absolute Gasteiger partial charge is 0.481 e. The van der Waals surface area contributed by atoms with E-state index in [4.69, 9.17) is 5.11 Å². The van der Waals surface area contributed by atoms with E-state index in [9.17, 15) is 18.4 Å². The number of carboxylic acids is 1. The van der Waals surface area contributed by atoms with E-state index in [1.807, 2.05) is 0 Å². The van der Waals surface area contributed by atoms with E-state index in [0.717, 1.165) is 0 Å². The van der Waals surface area contributed by atoms with Crippen LogP contribution in [0.4, 0.5) is 8.78 Å². The molecule has 19 heavy (non-hydrogen) atoms. The molecule has 1 saturated carbocycles. The van der Waals surface area contributed by atoms with Gasteiger partial charge >= 0.3 is 5.97 Å². The van der Waals surface area contributed by atoms with Gasteiger partial charge in [0.2, 0.25) is 11.8 Å². The van der Waals surface area contributed by atoms with Crippen LogP contribution in [0.15, 0.2) is 0 Å². The Balaban J connectivity index is 2.44. The molecule has 0 aromatic rings. The van der Waals surface area contributed by atoms with Gasteiger partial charge in [0.15, 0.2) is 0 Å². The summed E-state index contributed by atoms with van der Waals surface area (Å²) in [7, 11) is 0. The third kappa shape index (κ3) is 5.53. The summed E-state index contributed by atoms with van der Waals surface area (Å²) in [6.45, 7) is 3.48. The fourth-order valence-electron chi connectivity index (χ4n) is 2.22. The molecule has 0 saturated heterocycles. The van der Waals surface area contributed by atoms with Crippen LogP contribution in [0, 0.1) is 5.92 Å². The SMILES string of the molecule is CC(C)(CCC(=O)O)NC(=O)C1CCC(F)(F)CC1. The minimum absolute atomic E-state index is 0.0317. The molecule has 0 aromatic heterocycles. The van der Waals surface area contributed by atoms with Crippen molar-refractivity contribution in [2.24, 2.45) is 5.92 Å². The first kappa shape index (κ1) is 15.9. The molecule has 1 rings (SSSR count). The monoisotopic (exact) mass is 277 g/mol. The van der Waals surface area contributed by atoms with Crippen molar-refractivity contribution < 1.29 is 23.5 Å². The number of carboxylic acid groups (broad SMARTS) is 1. The highest BCUT2D eigenvalue weighted by atomic mass is 19.3. The molecule has 0 aliphatic heterocycles. The van der Waals surface area contributed by atoms with Crippen molar-refractivity contribution in [3.05, 3.63) is 0 Å². The quantitative estimate of drug-likeness (QED) is 0.811. The van der Waals surface area contributed by atoms with Gasteiger partial charge in [-0.1, -0.05) is 0 Å². The Morgan fingerprint density at radius 2 is 1.84 bits per heavy atom. The molecular weight excluding hydrogens is 256 g/mol. The van der Waals surface area contributed by atoms with Crippen LogP contribution in [0.5, 0.6) is 0 Å². The van der Waals surface area contributed by atoms with Crippen LogP contribution in [0.2, 0.25) is 0 Å². The van der Waals surface area contributed by atoms with Gasteiger partial charge in [0.1, 0.15) is 0 Å². The third-order valence-corrected chi connectivity index (χ3v) is 3.51. The van der Waals surface area contributed by atoms with Gasteiger partial charge in [-0.05, 0) is 33.1 Å². The molecule has 1 amide bonds. The Kier molecular flexibility index (Phi) is 4.87. The summed E-state index contributed by atoms with van der Waals surface area (Å²) in [4.78, 5) is 22.5. The number of hydrogen-bond donors (Lipinski definition) is 2. The van der Waals surface area contributed by atoms with Crippen molar-refractivity contribution in [1.29, 1.82) is 0 Å². The molecule has 2 N–H and O–H groups in total. The van der Waals surface area contributed by atoms with Crippen molar-refractivity contribution in [3.8, 4) is 0 Å². The van der Waals surface area contributed by atoms with Gasteiger partial charge < -0.3 is 10.4 Å². The second-order valence-corrected chi connectivity index (χ2v) is 5.90. The van der Waals surface area contributed by atoms with Crippen LogP contribution in [0.1, 0.15) is 52.4 Å². The molecule has 1 fully saturated rings. The molecule has 0 unspecified atom stereocenters.